The third-order valence-electron chi connectivity index (χ3n) is 6.29. The number of rotatable bonds is 12. The second-order valence-corrected chi connectivity index (χ2v) is 11.3. The third kappa shape index (κ3) is 9.35. The van der Waals surface area contributed by atoms with Crippen LogP contribution < -0.4 is 19.1 Å². The molecule has 1 fully saturated rings. The van der Waals surface area contributed by atoms with Crippen LogP contribution in [-0.4, -0.2) is 52.4 Å². The number of hydrogen-bond donors (Lipinski definition) is 1. The Kier molecular flexibility index (Phi) is 11.5. The van der Waals surface area contributed by atoms with E-state index in [0.29, 0.717) is 37.4 Å². The maximum Gasteiger partial charge on any atom is 0.431 e. The molecule has 1 N–H and O–H groups in total. The first-order valence-electron chi connectivity index (χ1n) is 13.0. The number of halogens is 4. The lowest BCUT2D eigenvalue weighted by Crippen LogP contribution is -2.42. The highest BCUT2D eigenvalue weighted by Gasteiger charge is 2.33. The van der Waals surface area contributed by atoms with Crippen molar-refractivity contribution in [1.82, 2.24) is 9.71 Å². The molecule has 228 valence electrons. The van der Waals surface area contributed by atoms with Gasteiger partial charge in [-0.2, -0.15) is 26.3 Å². The summed E-state index contributed by atoms with van der Waals surface area (Å²) in [6.45, 7) is 4.06. The van der Waals surface area contributed by atoms with Crippen LogP contribution in [0.3, 0.4) is 0 Å². The minimum absolute atomic E-state index is 0.0233. The molecule has 10 nitrogen and oxygen atoms in total. The van der Waals surface area contributed by atoms with Gasteiger partial charge in [0, 0.05) is 25.9 Å². The van der Waals surface area contributed by atoms with E-state index in [-0.39, 0.29) is 48.9 Å². The second-order valence-electron chi connectivity index (χ2n) is 9.58. The number of carbonyl (C=O) groups is 1. The molecule has 1 aromatic heterocycles. The average Bonchev–Trinajstić information content (AvgIpc) is 2.89. The Labute approximate surface area is 242 Å². The molecular weight excluding hydrogens is 591 g/mol. The predicted octanol–water partition coefficient (Wildman–Crippen LogP) is 6.34. The molecule has 0 atom stereocenters. The number of para-hydroxylation sites is 1. The zero-order valence-corrected chi connectivity index (χ0v) is 24.4. The lowest BCUT2D eigenvalue weighted by atomic mass is 9.88. The molecule has 1 aliphatic carbocycles. The Balaban J connectivity index is 1.95. The molecule has 0 bridgehead atoms. The number of aromatic nitrogens is 1. The van der Waals surface area contributed by atoms with E-state index >= 15 is 0 Å². The first-order chi connectivity index (χ1) is 19.3. The smallest absolute Gasteiger partial charge is 0.431 e. The van der Waals surface area contributed by atoms with Crippen LogP contribution in [0.15, 0.2) is 30.5 Å². The highest BCUT2D eigenvalue weighted by atomic mass is 35.5. The molecule has 1 aliphatic rings. The highest BCUT2D eigenvalue weighted by Crippen LogP contribution is 2.42. The number of benzene rings is 1. The molecule has 3 rings (SSSR count). The normalized spacial score (nSPS) is 17.6. The van der Waals surface area contributed by atoms with Crippen LogP contribution in [0.4, 0.5) is 23.7 Å². The van der Waals surface area contributed by atoms with E-state index in [1.165, 1.54) is 25.3 Å². The van der Waals surface area contributed by atoms with Crippen molar-refractivity contribution in [3.63, 3.8) is 0 Å². The van der Waals surface area contributed by atoms with Gasteiger partial charge in [-0.15, -0.1) is 0 Å². The van der Waals surface area contributed by atoms with Gasteiger partial charge in [0.1, 0.15) is 23.1 Å². The highest BCUT2D eigenvalue weighted by molar-refractivity contribution is 7.85. The Bertz CT molecular complexity index is 1290. The number of amides is 1. The number of methoxy groups -OCH3 is 1. The Morgan fingerprint density at radius 2 is 1.85 bits per heavy atom. The van der Waals surface area contributed by atoms with Crippen LogP contribution in [0.5, 0.6) is 17.4 Å². The van der Waals surface area contributed by atoms with E-state index in [1.54, 1.807) is 6.92 Å². The molecule has 1 aromatic carbocycles. The average molecular weight is 624 g/mol. The predicted molar refractivity (Wildman–Crippen MR) is 146 cm³/mol. The van der Waals surface area contributed by atoms with Gasteiger partial charge in [0.05, 0.1) is 12.2 Å². The summed E-state index contributed by atoms with van der Waals surface area (Å²) in [6.07, 6.45) is -2.06. The fraction of sp³-hybridized carbons (Fsp3) is 0.538. The van der Waals surface area contributed by atoms with E-state index in [0.717, 1.165) is 17.7 Å². The molecule has 1 saturated carbocycles. The molecular formula is C26H33ClF3N3O7S. The van der Waals surface area contributed by atoms with Crippen LogP contribution in [0.25, 0.3) is 0 Å². The molecule has 1 amide bonds. The van der Waals surface area contributed by atoms with Crippen molar-refractivity contribution in [3.05, 3.63) is 41.0 Å². The molecule has 0 radical (unpaired) electrons. The van der Waals surface area contributed by atoms with Gasteiger partial charge in [-0.05, 0) is 56.2 Å². The Morgan fingerprint density at radius 1 is 1.17 bits per heavy atom. The van der Waals surface area contributed by atoms with E-state index < -0.39 is 33.2 Å². The van der Waals surface area contributed by atoms with Gasteiger partial charge in [-0.25, -0.2) is 9.78 Å². The van der Waals surface area contributed by atoms with Gasteiger partial charge in [-0.1, -0.05) is 31.5 Å². The standard InChI is InChI=1S/C26H33ClF3N3O7S/c1-4-12-33(25(34)40-41(35,36)32-19-10-8-17(2)9-11-19)23-21(38-14-13-37-3)6-5-7-22(23)39-24-20(27)15-18(16-31-24)26(28,29)30/h5-7,15-17,19,32H,4,8-14H2,1-3H3. The topological polar surface area (TPSA) is 116 Å². The molecule has 41 heavy (non-hydrogen) atoms. The van der Waals surface area contributed by atoms with Gasteiger partial charge in [0.25, 0.3) is 0 Å². The van der Waals surface area contributed by atoms with Crippen molar-refractivity contribution >= 4 is 33.7 Å². The number of anilines is 1. The van der Waals surface area contributed by atoms with Crippen molar-refractivity contribution < 1.29 is 44.8 Å². The van der Waals surface area contributed by atoms with Gasteiger partial charge < -0.3 is 18.4 Å². The van der Waals surface area contributed by atoms with E-state index in [2.05, 4.69) is 16.6 Å². The molecule has 0 unspecified atom stereocenters. The van der Waals surface area contributed by atoms with E-state index in [4.69, 9.17) is 30.0 Å². The fourth-order valence-corrected chi connectivity index (χ4v) is 5.40. The summed E-state index contributed by atoms with van der Waals surface area (Å²) >= 11 is 6.04. The van der Waals surface area contributed by atoms with E-state index in [1.807, 2.05) is 0 Å². The molecule has 0 saturated heterocycles. The first-order valence-corrected chi connectivity index (χ1v) is 14.8. The largest absolute Gasteiger partial charge is 0.489 e. The van der Waals surface area contributed by atoms with Crippen LogP contribution in [0.2, 0.25) is 5.02 Å². The SMILES string of the molecule is CCCN(C(=O)OS(=O)(=O)NC1CCC(C)CC1)c1c(OCCOC)cccc1Oc1ncc(C(F)(F)F)cc1Cl. The lowest BCUT2D eigenvalue weighted by molar-refractivity contribution is -0.137. The second kappa shape index (κ2) is 14.4. The summed E-state index contributed by atoms with van der Waals surface area (Å²) < 4.78 is 88.8. The van der Waals surface area contributed by atoms with Crippen molar-refractivity contribution in [1.29, 1.82) is 0 Å². The molecule has 2 aromatic rings. The summed E-state index contributed by atoms with van der Waals surface area (Å²) in [7, 11) is -3.02. The summed E-state index contributed by atoms with van der Waals surface area (Å²) in [4.78, 5) is 18.0. The van der Waals surface area contributed by atoms with Crippen molar-refractivity contribution in [2.75, 3.05) is 31.8 Å². The number of hydrogen-bond acceptors (Lipinski definition) is 8. The van der Waals surface area contributed by atoms with Crippen LogP contribution >= 0.6 is 11.6 Å². The molecule has 1 heterocycles. The number of pyridine rings is 1. The first kappa shape index (κ1) is 32.7. The van der Waals surface area contributed by atoms with Crippen LogP contribution in [-0.2, 0) is 25.4 Å². The quantitative estimate of drug-likeness (QED) is 0.272. The van der Waals surface area contributed by atoms with Gasteiger partial charge >= 0.3 is 22.6 Å². The minimum Gasteiger partial charge on any atom is -0.489 e. The number of nitrogens with one attached hydrogen (secondary N) is 1. The van der Waals surface area contributed by atoms with Gasteiger partial charge in [0.2, 0.25) is 5.88 Å². The Hall–Kier alpha value is -2.81. The number of carbonyl (C=O) groups excluding carboxylic acids is 1. The van der Waals surface area contributed by atoms with Crippen LogP contribution in [0, 0.1) is 5.92 Å². The van der Waals surface area contributed by atoms with Crippen LogP contribution in [0.1, 0.15) is 51.5 Å². The summed E-state index contributed by atoms with van der Waals surface area (Å²) in [5, 5.41) is -0.435. The third-order valence-corrected chi connectivity index (χ3v) is 7.55. The fourth-order valence-electron chi connectivity index (χ4n) is 4.22. The number of nitrogens with zero attached hydrogens (tertiary/aromatic N) is 2. The number of alkyl halides is 3. The van der Waals surface area contributed by atoms with Crippen molar-refractivity contribution in [2.24, 2.45) is 5.92 Å². The zero-order chi connectivity index (χ0) is 30.2. The van der Waals surface area contributed by atoms with Gasteiger partial charge in [0.15, 0.2) is 5.75 Å². The summed E-state index contributed by atoms with van der Waals surface area (Å²) in [6, 6.07) is 4.72. The Morgan fingerprint density at radius 3 is 2.46 bits per heavy atom. The monoisotopic (exact) mass is 623 g/mol. The zero-order valence-electron chi connectivity index (χ0n) is 22.9. The van der Waals surface area contributed by atoms with Gasteiger partial charge in [-0.3, -0.25) is 4.90 Å². The molecule has 15 heteroatoms. The molecule has 0 aliphatic heterocycles. The minimum atomic E-state index is -4.67. The lowest BCUT2D eigenvalue weighted by Gasteiger charge is -2.28. The van der Waals surface area contributed by atoms with E-state index in [9.17, 15) is 26.4 Å². The summed E-state index contributed by atoms with van der Waals surface area (Å²) in [5.74, 6) is 0.116. The maximum atomic E-state index is 13.3. The number of ether oxygens (including phenoxy) is 3. The maximum absolute atomic E-state index is 13.3. The van der Waals surface area contributed by atoms with Crippen molar-refractivity contribution in [3.8, 4) is 17.4 Å². The summed E-state index contributed by atoms with van der Waals surface area (Å²) in [5.41, 5.74) is -1.11. The molecule has 0 spiro atoms. The van der Waals surface area contributed by atoms with Crippen molar-refractivity contribution in [2.45, 2.75) is 58.2 Å².